The van der Waals surface area contributed by atoms with Crippen LogP contribution in [0.25, 0.3) is 87.6 Å². The number of rotatable bonds is 5. The minimum absolute atomic E-state index is 0.987. The molecule has 0 saturated heterocycles. The van der Waals surface area contributed by atoms with Crippen LogP contribution in [0, 0.1) is 0 Å². The quantitative estimate of drug-likeness (QED) is 0.161. The maximum atomic E-state index is 2.56. The fraction of sp³-hybridized carbons (Fsp3) is 0.0370. The topological polar surface area (TPSA) is 8.17 Å². The standard InChI is InChI=1S/C54H36N2/c1-2-15-36(16-3-1)42-20-8-10-25-48(42)56(51-27-13-24-46-53(51)45-23-12-19-39-32-38-18-6-7-21-43(38)54(46)52(39)45)41-30-31-50-47(34-41)44-22-9-11-26-49(44)55(50)40-29-28-35-14-4-5-17-37(35)33-40/h1-7,9,11-34H,8,10H2. The number of aromatic nitrogens is 1. The summed E-state index contributed by atoms with van der Waals surface area (Å²) in [5.74, 6) is 0. The number of allylic oxidation sites excluding steroid dienone is 3. The lowest BCUT2D eigenvalue weighted by Gasteiger charge is -2.33. The molecule has 1 aromatic heterocycles. The van der Waals surface area contributed by atoms with E-state index in [0.717, 1.165) is 18.5 Å². The zero-order valence-electron chi connectivity index (χ0n) is 30.8. The van der Waals surface area contributed by atoms with Crippen LogP contribution in [0.1, 0.15) is 18.4 Å². The fourth-order valence-electron chi connectivity index (χ4n) is 9.69. The molecule has 0 unspecified atom stereocenters. The first-order valence-corrected chi connectivity index (χ1v) is 19.7. The molecule has 262 valence electrons. The van der Waals surface area contributed by atoms with E-state index in [1.807, 2.05) is 0 Å². The fourth-order valence-corrected chi connectivity index (χ4v) is 9.69. The summed E-state index contributed by atoms with van der Waals surface area (Å²) in [5, 5.41) is 10.2. The lowest BCUT2D eigenvalue weighted by molar-refractivity contribution is 1.00. The largest absolute Gasteiger partial charge is 0.310 e. The second-order valence-corrected chi connectivity index (χ2v) is 15.1. The number of benzene rings is 9. The minimum Gasteiger partial charge on any atom is -0.310 e. The van der Waals surface area contributed by atoms with Gasteiger partial charge in [-0.3, -0.25) is 0 Å². The van der Waals surface area contributed by atoms with Crippen molar-refractivity contribution < 1.29 is 0 Å². The van der Waals surface area contributed by atoms with Crippen LogP contribution in [0.3, 0.4) is 0 Å². The van der Waals surface area contributed by atoms with Gasteiger partial charge >= 0.3 is 0 Å². The highest BCUT2D eigenvalue weighted by molar-refractivity contribution is 6.26. The molecule has 56 heavy (non-hydrogen) atoms. The smallest absolute Gasteiger partial charge is 0.0546 e. The van der Waals surface area contributed by atoms with E-state index in [-0.39, 0.29) is 0 Å². The minimum atomic E-state index is 0.987. The number of para-hydroxylation sites is 1. The summed E-state index contributed by atoms with van der Waals surface area (Å²) in [5.41, 5.74) is 14.9. The Labute approximate surface area is 325 Å². The molecule has 0 radical (unpaired) electrons. The predicted octanol–water partition coefficient (Wildman–Crippen LogP) is 14.8. The van der Waals surface area contributed by atoms with E-state index < -0.39 is 0 Å². The maximum Gasteiger partial charge on any atom is 0.0546 e. The second kappa shape index (κ2) is 12.2. The van der Waals surface area contributed by atoms with E-state index in [1.54, 1.807) is 0 Å². The molecule has 0 N–H and O–H groups in total. The number of hydrogen-bond donors (Lipinski definition) is 0. The number of hydrogen-bond acceptors (Lipinski definition) is 1. The summed E-state index contributed by atoms with van der Waals surface area (Å²) < 4.78 is 2.43. The molecule has 0 atom stereocenters. The third-order valence-electron chi connectivity index (χ3n) is 12.1. The average molecular weight is 713 g/mol. The van der Waals surface area contributed by atoms with E-state index in [2.05, 4.69) is 204 Å². The highest BCUT2D eigenvalue weighted by atomic mass is 15.2. The summed E-state index contributed by atoms with van der Waals surface area (Å²) in [7, 11) is 0. The molecule has 9 aromatic carbocycles. The van der Waals surface area contributed by atoms with Gasteiger partial charge in [-0.2, -0.15) is 0 Å². The first-order valence-electron chi connectivity index (χ1n) is 19.7. The Kier molecular flexibility index (Phi) is 6.79. The highest BCUT2D eigenvalue weighted by Gasteiger charge is 2.31. The van der Waals surface area contributed by atoms with Gasteiger partial charge in [0.25, 0.3) is 0 Å². The van der Waals surface area contributed by atoms with E-state index in [9.17, 15) is 0 Å². The molecule has 2 heteroatoms. The van der Waals surface area contributed by atoms with E-state index in [1.165, 1.54) is 105 Å². The summed E-state index contributed by atoms with van der Waals surface area (Å²) in [6, 6.07) is 67.4. The number of fused-ring (bicyclic) bond motifs is 9. The molecule has 2 aliphatic rings. The molecule has 0 amide bonds. The third-order valence-corrected chi connectivity index (χ3v) is 12.1. The van der Waals surface area contributed by atoms with Gasteiger partial charge in [0.1, 0.15) is 0 Å². The number of anilines is 2. The molecular formula is C54H36N2. The Morgan fingerprint density at radius 3 is 2.05 bits per heavy atom. The monoisotopic (exact) mass is 712 g/mol. The molecule has 10 aromatic rings. The van der Waals surface area contributed by atoms with E-state index >= 15 is 0 Å². The van der Waals surface area contributed by atoms with Gasteiger partial charge in [0.2, 0.25) is 0 Å². The Bertz CT molecular complexity index is 3310. The van der Waals surface area contributed by atoms with Crippen LogP contribution in [0.4, 0.5) is 11.4 Å². The first kappa shape index (κ1) is 31.2. The normalized spacial score (nSPS) is 13.4. The van der Waals surface area contributed by atoms with Crippen molar-refractivity contribution >= 4 is 71.1 Å². The summed E-state index contributed by atoms with van der Waals surface area (Å²) in [6.07, 6.45) is 6.90. The SMILES string of the molecule is C1=C(c2ccccc2)C(N(c2ccc3c(c2)c2ccccc2n3-c2ccc3ccccc3c2)c2cccc3c2-c2cccc4cc5ccccc5c-3c24)=CCC1. The lowest BCUT2D eigenvalue weighted by Crippen LogP contribution is -2.20. The zero-order valence-corrected chi connectivity index (χ0v) is 30.8. The van der Waals surface area contributed by atoms with Crippen LogP contribution in [0.5, 0.6) is 0 Å². The molecule has 0 aliphatic heterocycles. The lowest BCUT2D eigenvalue weighted by atomic mass is 9.93. The van der Waals surface area contributed by atoms with Crippen molar-refractivity contribution in [3.8, 4) is 27.9 Å². The van der Waals surface area contributed by atoms with Gasteiger partial charge in [0.15, 0.2) is 0 Å². The van der Waals surface area contributed by atoms with Crippen molar-refractivity contribution in [1.82, 2.24) is 4.57 Å². The number of nitrogens with zero attached hydrogens (tertiary/aromatic N) is 2. The highest BCUT2D eigenvalue weighted by Crippen LogP contribution is 2.55. The summed E-state index contributed by atoms with van der Waals surface area (Å²) in [4.78, 5) is 2.56. The molecule has 0 saturated carbocycles. The molecule has 2 aliphatic carbocycles. The predicted molar refractivity (Wildman–Crippen MR) is 238 cm³/mol. The summed E-state index contributed by atoms with van der Waals surface area (Å²) >= 11 is 0. The molecule has 0 fully saturated rings. The molecular weight excluding hydrogens is 677 g/mol. The Hall–Kier alpha value is -7.16. The Morgan fingerprint density at radius 1 is 0.429 bits per heavy atom. The van der Waals surface area contributed by atoms with Crippen LogP contribution in [-0.2, 0) is 0 Å². The molecule has 0 spiro atoms. The Balaban J connectivity index is 1.13. The first-order chi connectivity index (χ1) is 27.8. The van der Waals surface area contributed by atoms with Gasteiger partial charge in [-0.05, 0) is 116 Å². The van der Waals surface area contributed by atoms with Gasteiger partial charge in [-0.25, -0.2) is 0 Å². The van der Waals surface area contributed by atoms with Gasteiger partial charge in [0, 0.05) is 39.0 Å². The van der Waals surface area contributed by atoms with Crippen LogP contribution in [0.15, 0.2) is 200 Å². The average Bonchev–Trinajstić information content (AvgIpc) is 3.78. The van der Waals surface area contributed by atoms with Crippen molar-refractivity contribution in [2.45, 2.75) is 12.8 Å². The maximum absolute atomic E-state index is 2.56. The van der Waals surface area contributed by atoms with Crippen molar-refractivity contribution in [2.24, 2.45) is 0 Å². The molecule has 0 bridgehead atoms. The summed E-state index contributed by atoms with van der Waals surface area (Å²) in [6.45, 7) is 0. The van der Waals surface area contributed by atoms with Crippen molar-refractivity contribution in [1.29, 1.82) is 0 Å². The van der Waals surface area contributed by atoms with Crippen LogP contribution < -0.4 is 4.90 Å². The Morgan fingerprint density at radius 2 is 1.14 bits per heavy atom. The van der Waals surface area contributed by atoms with Gasteiger partial charge in [-0.1, -0.05) is 146 Å². The van der Waals surface area contributed by atoms with Gasteiger partial charge in [-0.15, -0.1) is 0 Å². The van der Waals surface area contributed by atoms with Crippen molar-refractivity contribution in [3.05, 3.63) is 205 Å². The second-order valence-electron chi connectivity index (χ2n) is 15.1. The van der Waals surface area contributed by atoms with Crippen molar-refractivity contribution in [2.75, 3.05) is 4.90 Å². The van der Waals surface area contributed by atoms with Gasteiger partial charge in [0.05, 0.1) is 16.7 Å². The third kappa shape index (κ3) is 4.56. The zero-order chi connectivity index (χ0) is 36.7. The van der Waals surface area contributed by atoms with Gasteiger partial charge < -0.3 is 9.47 Å². The molecule has 12 rings (SSSR count). The van der Waals surface area contributed by atoms with E-state index in [4.69, 9.17) is 0 Å². The van der Waals surface area contributed by atoms with Crippen LogP contribution in [-0.4, -0.2) is 4.57 Å². The van der Waals surface area contributed by atoms with E-state index in [0.29, 0.717) is 0 Å². The van der Waals surface area contributed by atoms with Crippen LogP contribution >= 0.6 is 0 Å². The van der Waals surface area contributed by atoms with Crippen molar-refractivity contribution in [3.63, 3.8) is 0 Å². The van der Waals surface area contributed by atoms with Crippen LogP contribution in [0.2, 0.25) is 0 Å². The molecule has 1 heterocycles. The molecule has 2 nitrogen and oxygen atoms in total.